The number of β-amino-alcohol motifs (C(OH)–C–C–N with tert-alkyl or cyclic N) is 1. The molecule has 0 aliphatic carbocycles. The molecule has 1 aromatic heterocycles. The molecule has 1 amide bonds. The number of nitrogens with one attached hydrogen (secondary N) is 1. The minimum Gasteiger partial charge on any atom is -0.394 e. The maximum Gasteiger partial charge on any atom is 0.259 e. The molecule has 7 atom stereocenters. The zero-order valence-corrected chi connectivity index (χ0v) is 23.4. The number of aliphatic hydroxyl groups is 3. The number of benzene rings is 2. The van der Waals surface area contributed by atoms with Crippen molar-refractivity contribution in [1.29, 1.82) is 0 Å². The number of halogens is 5. The number of carbonyl (C=O) groups excluding carboxylic acids is 1. The fourth-order valence-electron chi connectivity index (χ4n) is 5.33. The third-order valence-electron chi connectivity index (χ3n) is 7.32. The maximum absolute atomic E-state index is 14.3. The average molecular weight is 632 g/mol. The monoisotopic (exact) mass is 631 g/mol. The van der Waals surface area contributed by atoms with Gasteiger partial charge in [0.2, 0.25) is 0 Å². The van der Waals surface area contributed by atoms with Gasteiger partial charge in [0.1, 0.15) is 30.0 Å². The van der Waals surface area contributed by atoms with Crippen molar-refractivity contribution < 1.29 is 42.8 Å². The van der Waals surface area contributed by atoms with Crippen molar-refractivity contribution in [2.24, 2.45) is 0 Å². The lowest BCUT2D eigenvalue weighted by molar-refractivity contribution is -0.211. The Kier molecular flexibility index (Phi) is 9.06. The standard InChI is InChI=1S/C26H26Cl2F3N5O6/c1-41-24-22(35-9-17(33-34-35)11-2-15(29)21(31)16(30)3-11)23(39)20(10-37)42-25(24)26(40)36(18-7-32-8-19(18)38)14-5-12(27)4-13(28)6-14/h2-6,9,18-20,22-25,32,37-39H,7-8,10H2,1H3/t18-,19-,20+,22-,23-,24+,25+/m0/s1. The number of amides is 1. The van der Waals surface area contributed by atoms with Crippen molar-refractivity contribution in [1.82, 2.24) is 20.3 Å². The van der Waals surface area contributed by atoms with Crippen LogP contribution in [-0.2, 0) is 14.3 Å². The van der Waals surface area contributed by atoms with Crippen LogP contribution < -0.4 is 10.2 Å². The second kappa shape index (κ2) is 12.4. The molecule has 4 N–H and O–H groups in total. The molecule has 3 aromatic rings. The number of hydrogen-bond donors (Lipinski definition) is 4. The minimum absolute atomic E-state index is 0.0693. The van der Waals surface area contributed by atoms with E-state index in [9.17, 15) is 33.3 Å². The number of hydrogen-bond acceptors (Lipinski definition) is 9. The van der Waals surface area contributed by atoms with E-state index < -0.39 is 72.6 Å². The molecule has 11 nitrogen and oxygen atoms in total. The molecule has 0 spiro atoms. The van der Waals surface area contributed by atoms with Crippen LogP contribution in [-0.4, -0.2) is 99.6 Å². The lowest BCUT2D eigenvalue weighted by Gasteiger charge is -2.45. The first kappa shape index (κ1) is 30.6. The summed E-state index contributed by atoms with van der Waals surface area (Å²) >= 11 is 12.4. The molecular formula is C26H26Cl2F3N5O6. The molecule has 2 fully saturated rings. The van der Waals surface area contributed by atoms with E-state index in [4.69, 9.17) is 32.7 Å². The molecular weight excluding hydrogens is 606 g/mol. The Labute approximate surface area is 247 Å². The van der Waals surface area contributed by atoms with Crippen LogP contribution >= 0.6 is 23.2 Å². The molecule has 2 aliphatic heterocycles. The Balaban J connectivity index is 1.54. The van der Waals surface area contributed by atoms with Crippen LogP contribution in [0.4, 0.5) is 18.9 Å². The van der Waals surface area contributed by atoms with Gasteiger partial charge in [-0.15, -0.1) is 5.10 Å². The molecule has 3 heterocycles. The van der Waals surface area contributed by atoms with Gasteiger partial charge in [-0.05, 0) is 30.3 Å². The summed E-state index contributed by atoms with van der Waals surface area (Å²) in [5.41, 5.74) is 0.0571. The van der Waals surface area contributed by atoms with Gasteiger partial charge in [0.05, 0.1) is 24.9 Å². The number of aromatic nitrogens is 3. The van der Waals surface area contributed by atoms with E-state index >= 15 is 0 Å². The number of carbonyl (C=O) groups is 1. The third kappa shape index (κ3) is 5.73. The number of rotatable bonds is 7. The minimum atomic E-state index is -1.65. The number of methoxy groups -OCH3 is 1. The topological polar surface area (TPSA) is 142 Å². The van der Waals surface area contributed by atoms with Crippen LogP contribution in [0.3, 0.4) is 0 Å². The largest absolute Gasteiger partial charge is 0.394 e. The Hall–Kier alpha value is -2.82. The van der Waals surface area contributed by atoms with E-state index in [1.165, 1.54) is 36.4 Å². The van der Waals surface area contributed by atoms with Crippen LogP contribution in [0.1, 0.15) is 6.04 Å². The Bertz CT molecular complexity index is 1420. The lowest BCUT2D eigenvalue weighted by atomic mass is 9.91. The first-order valence-electron chi connectivity index (χ1n) is 12.8. The molecule has 0 saturated carbocycles. The van der Waals surface area contributed by atoms with Gasteiger partial charge in [-0.25, -0.2) is 17.9 Å². The number of ether oxygens (including phenoxy) is 2. The van der Waals surface area contributed by atoms with Crippen molar-refractivity contribution in [3.63, 3.8) is 0 Å². The summed E-state index contributed by atoms with van der Waals surface area (Å²) in [5.74, 6) is -5.22. The van der Waals surface area contributed by atoms with E-state index in [0.717, 1.165) is 16.8 Å². The predicted octanol–water partition coefficient (Wildman–Crippen LogP) is 1.71. The second-order valence-electron chi connectivity index (χ2n) is 9.93. The van der Waals surface area contributed by atoms with Crippen LogP contribution in [0.2, 0.25) is 10.0 Å². The first-order valence-corrected chi connectivity index (χ1v) is 13.5. The van der Waals surface area contributed by atoms with Gasteiger partial charge in [-0.1, -0.05) is 28.4 Å². The predicted molar refractivity (Wildman–Crippen MR) is 144 cm³/mol. The van der Waals surface area contributed by atoms with E-state index in [2.05, 4.69) is 15.6 Å². The summed E-state index contributed by atoms with van der Waals surface area (Å²) in [4.78, 5) is 15.5. The van der Waals surface area contributed by atoms with E-state index in [1.54, 1.807) is 0 Å². The molecule has 2 aromatic carbocycles. The molecule has 42 heavy (non-hydrogen) atoms. The molecule has 2 aliphatic rings. The summed E-state index contributed by atoms with van der Waals surface area (Å²) in [5, 5.41) is 43.2. The fourth-order valence-corrected chi connectivity index (χ4v) is 5.84. The zero-order valence-electron chi connectivity index (χ0n) is 21.9. The SMILES string of the molecule is CO[C@@H]1[C@@H](n2cc(-c3cc(F)c(F)c(F)c3)nn2)[C@@H](O)[C@@H](CO)O[C@H]1C(=O)N(c1cc(Cl)cc(Cl)c1)[C@H]1CNC[C@@H]1O. The van der Waals surface area contributed by atoms with Crippen molar-refractivity contribution >= 4 is 34.8 Å². The highest BCUT2D eigenvalue weighted by molar-refractivity contribution is 6.35. The van der Waals surface area contributed by atoms with Gasteiger partial charge in [0, 0.05) is 41.5 Å². The fraction of sp³-hybridized carbons (Fsp3) is 0.423. The Morgan fingerprint density at radius 2 is 1.81 bits per heavy atom. The smallest absolute Gasteiger partial charge is 0.259 e. The highest BCUT2D eigenvalue weighted by Gasteiger charge is 2.52. The van der Waals surface area contributed by atoms with Gasteiger partial charge in [-0.2, -0.15) is 0 Å². The van der Waals surface area contributed by atoms with Gasteiger partial charge in [-0.3, -0.25) is 4.79 Å². The first-order chi connectivity index (χ1) is 20.0. The molecule has 226 valence electrons. The van der Waals surface area contributed by atoms with Crippen LogP contribution in [0.5, 0.6) is 0 Å². The molecule has 0 unspecified atom stereocenters. The van der Waals surface area contributed by atoms with E-state index in [0.29, 0.717) is 0 Å². The average Bonchev–Trinajstić information content (AvgIpc) is 3.60. The molecule has 0 radical (unpaired) electrons. The summed E-state index contributed by atoms with van der Waals surface area (Å²) in [6.07, 6.45) is -5.27. The normalized spacial score (nSPS) is 27.8. The van der Waals surface area contributed by atoms with Gasteiger partial charge >= 0.3 is 0 Å². The highest BCUT2D eigenvalue weighted by atomic mass is 35.5. The quantitative estimate of drug-likeness (QED) is 0.287. The van der Waals surface area contributed by atoms with E-state index in [-0.39, 0.29) is 40.1 Å². The Morgan fingerprint density at radius 1 is 1.14 bits per heavy atom. The van der Waals surface area contributed by atoms with Crippen LogP contribution in [0.15, 0.2) is 36.5 Å². The van der Waals surface area contributed by atoms with Crippen LogP contribution in [0, 0.1) is 17.5 Å². The highest BCUT2D eigenvalue weighted by Crippen LogP contribution is 2.36. The van der Waals surface area contributed by atoms with Gasteiger partial charge < -0.3 is 35.0 Å². The maximum atomic E-state index is 14.3. The number of anilines is 1. The zero-order chi connectivity index (χ0) is 30.3. The molecule has 2 saturated heterocycles. The van der Waals surface area contributed by atoms with Gasteiger partial charge in [0.25, 0.3) is 5.91 Å². The third-order valence-corrected chi connectivity index (χ3v) is 7.76. The Morgan fingerprint density at radius 3 is 2.38 bits per heavy atom. The number of nitrogens with zero attached hydrogens (tertiary/aromatic N) is 4. The lowest BCUT2D eigenvalue weighted by Crippen LogP contribution is -2.63. The van der Waals surface area contributed by atoms with Crippen molar-refractivity contribution in [3.8, 4) is 11.3 Å². The molecule has 16 heteroatoms. The molecule has 5 rings (SSSR count). The summed E-state index contributed by atoms with van der Waals surface area (Å²) in [6, 6.07) is 3.94. The molecule has 0 bridgehead atoms. The van der Waals surface area contributed by atoms with Gasteiger partial charge in [0.15, 0.2) is 23.6 Å². The van der Waals surface area contributed by atoms with Crippen molar-refractivity contribution in [2.75, 3.05) is 31.7 Å². The summed E-state index contributed by atoms with van der Waals surface area (Å²) < 4.78 is 53.9. The number of aliphatic hydroxyl groups excluding tert-OH is 3. The second-order valence-corrected chi connectivity index (χ2v) is 10.8. The summed E-state index contributed by atoms with van der Waals surface area (Å²) in [7, 11) is 1.27. The van der Waals surface area contributed by atoms with Crippen molar-refractivity contribution in [2.45, 2.75) is 42.6 Å². The van der Waals surface area contributed by atoms with Crippen molar-refractivity contribution in [3.05, 3.63) is 64.0 Å². The van der Waals surface area contributed by atoms with E-state index in [1.807, 2.05) is 0 Å². The van der Waals surface area contributed by atoms with Crippen LogP contribution in [0.25, 0.3) is 11.3 Å². The summed E-state index contributed by atoms with van der Waals surface area (Å²) in [6.45, 7) is -0.284.